The molecule has 1 aliphatic heterocycles. The molecule has 5 heteroatoms. The van der Waals surface area contributed by atoms with E-state index in [0.29, 0.717) is 31.3 Å². The summed E-state index contributed by atoms with van der Waals surface area (Å²) in [4.78, 5) is 0. The first-order valence-corrected chi connectivity index (χ1v) is 7.07. The Kier molecular flexibility index (Phi) is 3.23. The molecule has 1 aliphatic carbocycles. The number of fused-ring (bicyclic) bond motifs is 1. The number of rotatable bonds is 2. The summed E-state index contributed by atoms with van der Waals surface area (Å²) >= 11 is 6.22. The number of nitrogens with two attached hydrogens (primary N) is 1. The summed E-state index contributed by atoms with van der Waals surface area (Å²) in [6, 6.07) is 1.86. The molecule has 0 spiro atoms. The van der Waals surface area contributed by atoms with Gasteiger partial charge in [0.25, 0.3) is 0 Å². The molecule has 19 heavy (non-hydrogen) atoms. The Labute approximate surface area is 117 Å². The summed E-state index contributed by atoms with van der Waals surface area (Å²) in [5, 5.41) is 10.6. The summed E-state index contributed by atoms with van der Waals surface area (Å²) in [7, 11) is 0. The van der Waals surface area contributed by atoms with Gasteiger partial charge in [-0.05, 0) is 18.9 Å². The molecule has 0 aromatic heterocycles. The molecule has 3 N–H and O–H groups in total. The minimum absolute atomic E-state index is 0.0956. The third kappa shape index (κ3) is 1.94. The van der Waals surface area contributed by atoms with Crippen molar-refractivity contribution in [2.75, 3.05) is 19.8 Å². The van der Waals surface area contributed by atoms with Crippen molar-refractivity contribution in [2.24, 2.45) is 5.73 Å². The third-order valence-electron chi connectivity index (χ3n) is 4.27. The molecule has 0 saturated heterocycles. The highest BCUT2D eigenvalue weighted by molar-refractivity contribution is 6.34. The fourth-order valence-electron chi connectivity index (χ4n) is 3.18. The second kappa shape index (κ2) is 4.76. The first-order chi connectivity index (χ1) is 9.18. The molecular formula is C14H18ClNO3. The number of phenolic OH excluding ortho intramolecular Hbond substituents is 1. The number of phenols is 1. The highest BCUT2D eigenvalue weighted by atomic mass is 35.5. The second-order valence-corrected chi connectivity index (χ2v) is 5.68. The maximum absolute atomic E-state index is 10.4. The van der Waals surface area contributed by atoms with Crippen LogP contribution in [0.2, 0.25) is 5.02 Å². The normalized spacial score (nSPS) is 20.5. The first kappa shape index (κ1) is 12.9. The number of halogens is 1. The van der Waals surface area contributed by atoms with Gasteiger partial charge in [-0.2, -0.15) is 0 Å². The average molecular weight is 284 g/mol. The van der Waals surface area contributed by atoms with Gasteiger partial charge in [-0.25, -0.2) is 0 Å². The van der Waals surface area contributed by atoms with Crippen molar-refractivity contribution in [3.63, 3.8) is 0 Å². The maximum atomic E-state index is 10.4. The van der Waals surface area contributed by atoms with Gasteiger partial charge in [0.2, 0.25) is 0 Å². The first-order valence-electron chi connectivity index (χ1n) is 6.69. The van der Waals surface area contributed by atoms with Gasteiger partial charge in [0.15, 0.2) is 11.5 Å². The number of hydrogen-bond donors (Lipinski definition) is 2. The Balaban J connectivity index is 2.13. The van der Waals surface area contributed by atoms with Crippen LogP contribution in [-0.2, 0) is 5.41 Å². The molecule has 0 bridgehead atoms. The van der Waals surface area contributed by atoms with Crippen molar-refractivity contribution < 1.29 is 14.6 Å². The summed E-state index contributed by atoms with van der Waals surface area (Å²) < 4.78 is 11.1. The third-order valence-corrected chi connectivity index (χ3v) is 4.62. The molecule has 0 radical (unpaired) electrons. The standard InChI is InChI=1S/C14H18ClNO3/c15-11-12(17)9(14(8-16)3-1-2-4-14)7-10-13(11)19-6-5-18-10/h7,17H,1-6,8,16H2. The fourth-order valence-corrected chi connectivity index (χ4v) is 3.42. The molecular weight excluding hydrogens is 266 g/mol. The van der Waals surface area contributed by atoms with Crippen molar-refractivity contribution in [3.8, 4) is 17.2 Å². The lowest BCUT2D eigenvalue weighted by atomic mass is 9.78. The van der Waals surface area contributed by atoms with Crippen molar-refractivity contribution in [3.05, 3.63) is 16.7 Å². The monoisotopic (exact) mass is 283 g/mol. The highest BCUT2D eigenvalue weighted by Gasteiger charge is 2.38. The summed E-state index contributed by atoms with van der Waals surface area (Å²) in [5.74, 6) is 1.15. The minimum atomic E-state index is -0.177. The summed E-state index contributed by atoms with van der Waals surface area (Å²) in [5.41, 5.74) is 6.60. The van der Waals surface area contributed by atoms with Crippen LogP contribution in [0.1, 0.15) is 31.2 Å². The molecule has 1 aromatic rings. The smallest absolute Gasteiger partial charge is 0.183 e. The van der Waals surface area contributed by atoms with Gasteiger partial charge in [-0.1, -0.05) is 24.4 Å². The zero-order valence-corrected chi connectivity index (χ0v) is 11.5. The quantitative estimate of drug-likeness (QED) is 0.876. The van der Waals surface area contributed by atoms with Gasteiger partial charge < -0.3 is 20.3 Å². The van der Waals surface area contributed by atoms with Crippen molar-refractivity contribution in [1.29, 1.82) is 0 Å². The molecule has 3 rings (SSSR count). The van der Waals surface area contributed by atoms with Crippen LogP contribution in [0.15, 0.2) is 6.07 Å². The van der Waals surface area contributed by atoms with E-state index >= 15 is 0 Å². The van der Waals surface area contributed by atoms with Gasteiger partial charge in [0.05, 0.1) is 0 Å². The van der Waals surface area contributed by atoms with Crippen molar-refractivity contribution in [2.45, 2.75) is 31.1 Å². The topological polar surface area (TPSA) is 64.7 Å². The predicted octanol–water partition coefficient (Wildman–Crippen LogP) is 2.59. The Morgan fingerprint density at radius 1 is 1.26 bits per heavy atom. The lowest BCUT2D eigenvalue weighted by Gasteiger charge is -2.31. The minimum Gasteiger partial charge on any atom is -0.506 e. The zero-order valence-electron chi connectivity index (χ0n) is 10.7. The Morgan fingerprint density at radius 2 is 1.95 bits per heavy atom. The fraction of sp³-hybridized carbons (Fsp3) is 0.571. The van der Waals surface area contributed by atoms with E-state index in [1.54, 1.807) is 0 Å². The number of ether oxygens (including phenoxy) is 2. The maximum Gasteiger partial charge on any atom is 0.183 e. The molecule has 0 atom stereocenters. The molecule has 4 nitrogen and oxygen atoms in total. The highest BCUT2D eigenvalue weighted by Crippen LogP contribution is 2.52. The Morgan fingerprint density at radius 3 is 2.63 bits per heavy atom. The molecule has 1 aromatic carbocycles. The number of hydrogen-bond acceptors (Lipinski definition) is 4. The summed E-state index contributed by atoms with van der Waals surface area (Å²) in [6.45, 7) is 1.47. The molecule has 0 amide bonds. The van der Waals surface area contributed by atoms with Crippen molar-refractivity contribution in [1.82, 2.24) is 0 Å². The van der Waals surface area contributed by atoms with Crippen LogP contribution in [0.25, 0.3) is 0 Å². The van der Waals surface area contributed by atoms with Crippen LogP contribution in [0, 0.1) is 0 Å². The average Bonchev–Trinajstić information content (AvgIpc) is 2.93. The molecule has 1 heterocycles. The van der Waals surface area contributed by atoms with Crippen molar-refractivity contribution >= 4 is 11.6 Å². The Bertz CT molecular complexity index is 498. The lowest BCUT2D eigenvalue weighted by molar-refractivity contribution is 0.170. The van der Waals surface area contributed by atoms with E-state index < -0.39 is 0 Å². The number of benzene rings is 1. The molecule has 0 unspecified atom stereocenters. The van der Waals surface area contributed by atoms with Crippen LogP contribution < -0.4 is 15.2 Å². The summed E-state index contributed by atoms with van der Waals surface area (Å²) in [6.07, 6.45) is 4.21. The van der Waals surface area contributed by atoms with E-state index in [4.69, 9.17) is 26.8 Å². The largest absolute Gasteiger partial charge is 0.506 e. The molecule has 1 fully saturated rings. The SMILES string of the molecule is NCC1(c2cc3c(c(Cl)c2O)OCCO3)CCCC1. The number of aromatic hydroxyl groups is 1. The molecule has 1 saturated carbocycles. The lowest BCUT2D eigenvalue weighted by Crippen LogP contribution is -2.32. The van der Waals surface area contributed by atoms with E-state index in [0.717, 1.165) is 31.2 Å². The van der Waals surface area contributed by atoms with Crippen LogP contribution in [0.5, 0.6) is 17.2 Å². The van der Waals surface area contributed by atoms with Gasteiger partial charge >= 0.3 is 0 Å². The van der Waals surface area contributed by atoms with Gasteiger partial charge in [-0.3, -0.25) is 0 Å². The molecule has 2 aliphatic rings. The van der Waals surface area contributed by atoms with Gasteiger partial charge in [0, 0.05) is 17.5 Å². The predicted molar refractivity (Wildman–Crippen MR) is 73.3 cm³/mol. The van der Waals surface area contributed by atoms with E-state index in [1.165, 1.54) is 0 Å². The van der Waals surface area contributed by atoms with E-state index in [2.05, 4.69) is 0 Å². The van der Waals surface area contributed by atoms with E-state index in [-0.39, 0.29) is 16.2 Å². The molecule has 104 valence electrons. The zero-order chi connectivity index (χ0) is 13.5. The second-order valence-electron chi connectivity index (χ2n) is 5.30. The van der Waals surface area contributed by atoms with Crippen LogP contribution in [0.4, 0.5) is 0 Å². The van der Waals surface area contributed by atoms with Gasteiger partial charge in [0.1, 0.15) is 24.0 Å². The van der Waals surface area contributed by atoms with E-state index in [9.17, 15) is 5.11 Å². The van der Waals surface area contributed by atoms with E-state index in [1.807, 2.05) is 6.07 Å². The van der Waals surface area contributed by atoms with Crippen LogP contribution in [-0.4, -0.2) is 24.9 Å². The Hall–Kier alpha value is -1.13. The van der Waals surface area contributed by atoms with Crippen LogP contribution >= 0.6 is 11.6 Å². The van der Waals surface area contributed by atoms with Gasteiger partial charge in [-0.15, -0.1) is 0 Å². The van der Waals surface area contributed by atoms with Crippen LogP contribution in [0.3, 0.4) is 0 Å².